The summed E-state index contributed by atoms with van der Waals surface area (Å²) < 4.78 is 5.70. The van der Waals surface area contributed by atoms with Gasteiger partial charge in [0.05, 0.1) is 0 Å². The molecule has 3 rings (SSSR count). The molecule has 0 amide bonds. The first kappa shape index (κ1) is 12.5. The molecular weight excluding hydrogens is 252 g/mol. The van der Waals surface area contributed by atoms with Crippen molar-refractivity contribution < 1.29 is 9.21 Å². The average Bonchev–Trinajstić information content (AvgIpc) is 2.91. The highest BCUT2D eigenvalue weighted by atomic mass is 16.3. The van der Waals surface area contributed by atoms with E-state index in [2.05, 4.69) is 9.97 Å². The van der Waals surface area contributed by atoms with Gasteiger partial charge in [0.25, 0.3) is 0 Å². The van der Waals surface area contributed by atoms with Crippen LogP contribution in [0.25, 0.3) is 22.6 Å². The maximum absolute atomic E-state index is 11.9. The Balaban J connectivity index is 2.02. The lowest BCUT2D eigenvalue weighted by molar-refractivity contribution is 0.0982. The summed E-state index contributed by atoms with van der Waals surface area (Å²) in [6.45, 7) is 1.99. The van der Waals surface area contributed by atoms with Gasteiger partial charge in [-0.3, -0.25) is 9.78 Å². The van der Waals surface area contributed by atoms with Crippen LogP contribution in [0.1, 0.15) is 30.1 Å². The summed E-state index contributed by atoms with van der Waals surface area (Å²) in [7, 11) is 0. The molecule has 0 bridgehead atoms. The lowest BCUT2D eigenvalue weighted by atomic mass is 10.1. The van der Waals surface area contributed by atoms with Gasteiger partial charge < -0.3 is 4.42 Å². The molecule has 0 fully saturated rings. The van der Waals surface area contributed by atoms with Crippen molar-refractivity contribution in [2.24, 2.45) is 0 Å². The third-order valence-electron chi connectivity index (χ3n) is 3.11. The molecule has 2 heterocycles. The molecule has 0 saturated carbocycles. The number of pyridine rings is 1. The molecule has 100 valence electrons. The molecule has 4 heteroatoms. The van der Waals surface area contributed by atoms with Crippen LogP contribution in [0, 0.1) is 0 Å². The van der Waals surface area contributed by atoms with Gasteiger partial charge in [0, 0.05) is 29.9 Å². The third kappa shape index (κ3) is 2.32. The van der Waals surface area contributed by atoms with Gasteiger partial charge in [-0.25, -0.2) is 4.98 Å². The zero-order chi connectivity index (χ0) is 13.9. The zero-order valence-electron chi connectivity index (χ0n) is 11.2. The Morgan fingerprint density at radius 2 is 2.00 bits per heavy atom. The SMILES string of the molecule is CCCC(=O)c1ccc2oc(-c3ccncc3)nc2c1. The summed E-state index contributed by atoms with van der Waals surface area (Å²) in [6.07, 6.45) is 4.79. The first-order chi connectivity index (χ1) is 9.78. The van der Waals surface area contributed by atoms with Gasteiger partial charge in [0.15, 0.2) is 11.4 Å². The number of hydrogen-bond donors (Lipinski definition) is 0. The number of ketones is 1. The number of benzene rings is 1. The number of rotatable bonds is 4. The Kier molecular flexibility index (Phi) is 3.29. The first-order valence-corrected chi connectivity index (χ1v) is 6.62. The second-order valence-corrected chi connectivity index (χ2v) is 4.61. The van der Waals surface area contributed by atoms with Crippen LogP contribution < -0.4 is 0 Å². The molecule has 3 aromatic rings. The molecule has 0 spiro atoms. The van der Waals surface area contributed by atoms with Crippen molar-refractivity contribution in [2.45, 2.75) is 19.8 Å². The molecule has 0 aliphatic rings. The van der Waals surface area contributed by atoms with E-state index in [4.69, 9.17) is 4.42 Å². The minimum atomic E-state index is 0.142. The summed E-state index contributed by atoms with van der Waals surface area (Å²) >= 11 is 0. The normalized spacial score (nSPS) is 10.8. The van der Waals surface area contributed by atoms with Crippen molar-refractivity contribution in [2.75, 3.05) is 0 Å². The number of carbonyl (C=O) groups is 1. The van der Waals surface area contributed by atoms with Crippen LogP contribution in [-0.4, -0.2) is 15.8 Å². The first-order valence-electron chi connectivity index (χ1n) is 6.62. The molecule has 20 heavy (non-hydrogen) atoms. The topological polar surface area (TPSA) is 56.0 Å². The van der Waals surface area contributed by atoms with E-state index in [0.717, 1.165) is 12.0 Å². The zero-order valence-corrected chi connectivity index (χ0v) is 11.2. The summed E-state index contributed by atoms with van der Waals surface area (Å²) in [5, 5.41) is 0. The van der Waals surface area contributed by atoms with E-state index in [1.807, 2.05) is 19.1 Å². The van der Waals surface area contributed by atoms with Crippen molar-refractivity contribution in [3.63, 3.8) is 0 Å². The third-order valence-corrected chi connectivity index (χ3v) is 3.11. The number of aromatic nitrogens is 2. The number of Topliss-reactive ketones (excluding diaryl/α,β-unsaturated/α-hetero) is 1. The Morgan fingerprint density at radius 3 is 2.75 bits per heavy atom. The van der Waals surface area contributed by atoms with Crippen LogP contribution >= 0.6 is 0 Å². The average molecular weight is 266 g/mol. The largest absolute Gasteiger partial charge is 0.436 e. The van der Waals surface area contributed by atoms with E-state index in [9.17, 15) is 4.79 Å². The smallest absolute Gasteiger partial charge is 0.227 e. The summed E-state index contributed by atoms with van der Waals surface area (Å²) in [4.78, 5) is 20.3. The second-order valence-electron chi connectivity index (χ2n) is 4.61. The molecule has 4 nitrogen and oxygen atoms in total. The molecule has 2 aromatic heterocycles. The monoisotopic (exact) mass is 266 g/mol. The number of carbonyl (C=O) groups excluding carboxylic acids is 1. The van der Waals surface area contributed by atoms with Crippen LogP contribution in [0.15, 0.2) is 47.1 Å². The number of fused-ring (bicyclic) bond motifs is 1. The molecule has 0 aliphatic carbocycles. The molecular formula is C16H14N2O2. The van der Waals surface area contributed by atoms with Crippen LogP contribution in [0.2, 0.25) is 0 Å². The quantitative estimate of drug-likeness (QED) is 0.672. The van der Waals surface area contributed by atoms with Gasteiger partial charge in [-0.05, 0) is 36.8 Å². The fourth-order valence-electron chi connectivity index (χ4n) is 2.09. The standard InChI is InChI=1S/C16H14N2O2/c1-2-3-14(19)12-4-5-15-13(10-12)18-16(20-15)11-6-8-17-9-7-11/h4-10H,2-3H2,1H3. The van der Waals surface area contributed by atoms with Crippen LogP contribution in [0.4, 0.5) is 0 Å². The Morgan fingerprint density at radius 1 is 1.20 bits per heavy atom. The van der Waals surface area contributed by atoms with E-state index in [0.29, 0.717) is 29.0 Å². The highest BCUT2D eigenvalue weighted by Gasteiger charge is 2.11. The van der Waals surface area contributed by atoms with Crippen molar-refractivity contribution in [1.82, 2.24) is 9.97 Å². The summed E-state index contributed by atoms with van der Waals surface area (Å²) in [5.41, 5.74) is 2.95. The van der Waals surface area contributed by atoms with Crippen LogP contribution in [0.5, 0.6) is 0 Å². The van der Waals surface area contributed by atoms with Crippen LogP contribution in [-0.2, 0) is 0 Å². The van der Waals surface area contributed by atoms with Crippen molar-refractivity contribution >= 4 is 16.9 Å². The molecule has 0 N–H and O–H groups in total. The van der Waals surface area contributed by atoms with Gasteiger partial charge in [-0.1, -0.05) is 6.92 Å². The van der Waals surface area contributed by atoms with E-state index in [1.54, 1.807) is 30.6 Å². The molecule has 0 unspecified atom stereocenters. The number of oxazole rings is 1. The van der Waals surface area contributed by atoms with E-state index in [-0.39, 0.29) is 5.78 Å². The van der Waals surface area contributed by atoms with Gasteiger partial charge in [0.2, 0.25) is 5.89 Å². The lowest BCUT2D eigenvalue weighted by Gasteiger charge is -1.97. The minimum Gasteiger partial charge on any atom is -0.436 e. The molecule has 0 saturated heterocycles. The van der Waals surface area contributed by atoms with Gasteiger partial charge in [-0.15, -0.1) is 0 Å². The maximum Gasteiger partial charge on any atom is 0.227 e. The number of nitrogens with zero attached hydrogens (tertiary/aromatic N) is 2. The predicted molar refractivity (Wildman–Crippen MR) is 76.5 cm³/mol. The summed E-state index contributed by atoms with van der Waals surface area (Å²) in [5.74, 6) is 0.686. The molecule has 0 radical (unpaired) electrons. The highest BCUT2D eigenvalue weighted by molar-refractivity contribution is 5.98. The minimum absolute atomic E-state index is 0.142. The van der Waals surface area contributed by atoms with E-state index >= 15 is 0 Å². The second kappa shape index (κ2) is 5.25. The summed E-state index contributed by atoms with van der Waals surface area (Å²) in [6, 6.07) is 9.07. The maximum atomic E-state index is 11.9. The lowest BCUT2D eigenvalue weighted by Crippen LogP contribution is -1.97. The fraction of sp³-hybridized carbons (Fsp3) is 0.188. The number of hydrogen-bond acceptors (Lipinski definition) is 4. The van der Waals surface area contributed by atoms with Gasteiger partial charge >= 0.3 is 0 Å². The fourth-order valence-corrected chi connectivity index (χ4v) is 2.09. The Hall–Kier alpha value is -2.49. The van der Waals surface area contributed by atoms with Crippen molar-refractivity contribution in [3.05, 3.63) is 48.3 Å². The predicted octanol–water partition coefficient (Wildman–Crippen LogP) is 3.87. The molecule has 0 atom stereocenters. The Bertz CT molecular complexity index is 748. The van der Waals surface area contributed by atoms with Crippen molar-refractivity contribution in [3.8, 4) is 11.5 Å². The van der Waals surface area contributed by atoms with Gasteiger partial charge in [0.1, 0.15) is 5.52 Å². The Labute approximate surface area is 116 Å². The molecule has 1 aromatic carbocycles. The van der Waals surface area contributed by atoms with Crippen LogP contribution in [0.3, 0.4) is 0 Å². The highest BCUT2D eigenvalue weighted by Crippen LogP contribution is 2.24. The van der Waals surface area contributed by atoms with E-state index < -0.39 is 0 Å². The van der Waals surface area contributed by atoms with Gasteiger partial charge in [-0.2, -0.15) is 0 Å². The van der Waals surface area contributed by atoms with E-state index in [1.165, 1.54) is 0 Å². The molecule has 0 aliphatic heterocycles. The van der Waals surface area contributed by atoms with Crippen molar-refractivity contribution in [1.29, 1.82) is 0 Å².